The Morgan fingerprint density at radius 3 is 2.17 bits per heavy atom. The molecule has 0 saturated heterocycles. The molecule has 1 saturated carbocycles. The van der Waals surface area contributed by atoms with E-state index in [0.717, 1.165) is 0 Å². The Labute approximate surface area is 79.4 Å². The lowest BCUT2D eigenvalue weighted by molar-refractivity contribution is 0.989. The molecule has 2 heteroatoms. The summed E-state index contributed by atoms with van der Waals surface area (Å²) >= 11 is 0. The van der Waals surface area contributed by atoms with Crippen LogP contribution in [0.4, 0.5) is 0 Å². The van der Waals surface area contributed by atoms with Crippen molar-refractivity contribution in [1.29, 1.82) is 0 Å². The van der Waals surface area contributed by atoms with Crippen LogP contribution in [-0.4, -0.2) is 6.04 Å². The van der Waals surface area contributed by atoms with Crippen LogP contribution in [0.25, 0.3) is 0 Å². The van der Waals surface area contributed by atoms with Gasteiger partial charge in [-0.25, -0.2) is 0 Å². The average molecular weight is 184 g/mol. The van der Waals surface area contributed by atoms with Gasteiger partial charge in [-0.2, -0.15) is 0 Å². The molecule has 2 unspecified atom stereocenters. The third-order valence-corrected chi connectivity index (χ3v) is 2.35. The summed E-state index contributed by atoms with van der Waals surface area (Å²) in [6.45, 7) is 2.11. The fourth-order valence-electron chi connectivity index (χ4n) is 1.41. The second kappa shape index (κ2) is 3.46. The zero-order chi connectivity index (χ0) is 7.84. The fourth-order valence-corrected chi connectivity index (χ4v) is 1.41. The van der Waals surface area contributed by atoms with E-state index < -0.39 is 0 Å². The molecule has 1 aromatic carbocycles. The first-order valence-corrected chi connectivity index (χ1v) is 4.09. The summed E-state index contributed by atoms with van der Waals surface area (Å²) in [5.74, 6) is 0.649. The molecule has 0 heterocycles. The minimum Gasteiger partial charge on any atom is -0.327 e. The van der Waals surface area contributed by atoms with Crippen molar-refractivity contribution in [3.05, 3.63) is 35.4 Å². The summed E-state index contributed by atoms with van der Waals surface area (Å²) in [5.41, 5.74) is 8.46. The van der Waals surface area contributed by atoms with Crippen molar-refractivity contribution in [2.24, 2.45) is 5.73 Å². The van der Waals surface area contributed by atoms with E-state index in [-0.39, 0.29) is 12.4 Å². The minimum atomic E-state index is 0. The summed E-state index contributed by atoms with van der Waals surface area (Å²) in [6, 6.07) is 9.11. The Hall–Kier alpha value is -0.530. The predicted molar refractivity (Wildman–Crippen MR) is 53.8 cm³/mol. The van der Waals surface area contributed by atoms with E-state index in [2.05, 4.69) is 31.2 Å². The zero-order valence-corrected chi connectivity index (χ0v) is 7.97. The molecule has 0 amide bonds. The van der Waals surface area contributed by atoms with Crippen molar-refractivity contribution in [1.82, 2.24) is 0 Å². The normalized spacial score (nSPS) is 26.2. The van der Waals surface area contributed by atoms with E-state index in [1.807, 2.05) is 0 Å². The van der Waals surface area contributed by atoms with Gasteiger partial charge in [0, 0.05) is 12.0 Å². The van der Waals surface area contributed by atoms with E-state index >= 15 is 0 Å². The van der Waals surface area contributed by atoms with E-state index in [1.54, 1.807) is 0 Å². The number of hydrogen-bond donors (Lipinski definition) is 1. The first-order chi connectivity index (χ1) is 5.27. The van der Waals surface area contributed by atoms with Gasteiger partial charge in [0.1, 0.15) is 0 Å². The number of benzene rings is 1. The minimum absolute atomic E-state index is 0. The monoisotopic (exact) mass is 183 g/mol. The Bertz CT molecular complexity index is 255. The molecule has 0 aliphatic heterocycles. The molecule has 2 rings (SSSR count). The second-order valence-corrected chi connectivity index (χ2v) is 3.42. The van der Waals surface area contributed by atoms with Crippen molar-refractivity contribution in [3.63, 3.8) is 0 Å². The van der Waals surface area contributed by atoms with E-state index in [9.17, 15) is 0 Å². The van der Waals surface area contributed by atoms with E-state index in [4.69, 9.17) is 5.73 Å². The molecule has 66 valence electrons. The third-order valence-electron chi connectivity index (χ3n) is 2.35. The molecule has 1 aliphatic carbocycles. The first kappa shape index (κ1) is 9.56. The van der Waals surface area contributed by atoms with Crippen LogP contribution in [0, 0.1) is 6.92 Å². The maximum atomic E-state index is 5.74. The molecular weight excluding hydrogens is 170 g/mol. The molecule has 0 spiro atoms. The van der Waals surface area contributed by atoms with Gasteiger partial charge in [0.15, 0.2) is 0 Å². The van der Waals surface area contributed by atoms with Crippen molar-refractivity contribution in [3.8, 4) is 0 Å². The summed E-state index contributed by atoms with van der Waals surface area (Å²) in [7, 11) is 0. The lowest BCUT2D eigenvalue weighted by Crippen LogP contribution is -2.00. The Morgan fingerprint density at radius 2 is 1.75 bits per heavy atom. The fraction of sp³-hybridized carbons (Fsp3) is 0.400. The predicted octanol–water partition coefficient (Wildman–Crippen LogP) is 2.23. The molecule has 1 nitrogen and oxygen atoms in total. The number of nitrogens with two attached hydrogens (primary N) is 1. The second-order valence-electron chi connectivity index (χ2n) is 3.42. The standard InChI is InChI=1S/C10H13N.ClH/c1-7-2-4-8(5-3-7)9-6-10(9)11;/h2-5,9-10H,6,11H2,1H3;1H. The molecule has 2 atom stereocenters. The Morgan fingerprint density at radius 1 is 1.25 bits per heavy atom. The van der Waals surface area contributed by atoms with Crippen LogP contribution in [0.15, 0.2) is 24.3 Å². The maximum Gasteiger partial charge on any atom is 0.0115 e. The van der Waals surface area contributed by atoms with Crippen LogP contribution in [0.5, 0.6) is 0 Å². The van der Waals surface area contributed by atoms with Gasteiger partial charge >= 0.3 is 0 Å². The number of hydrogen-bond acceptors (Lipinski definition) is 1. The average Bonchev–Trinajstić information content (AvgIpc) is 2.69. The number of aryl methyl sites for hydroxylation is 1. The molecule has 1 aliphatic rings. The van der Waals surface area contributed by atoms with Crippen molar-refractivity contribution < 1.29 is 0 Å². The summed E-state index contributed by atoms with van der Waals surface area (Å²) in [4.78, 5) is 0. The Balaban J connectivity index is 0.000000720. The largest absolute Gasteiger partial charge is 0.327 e. The van der Waals surface area contributed by atoms with Crippen LogP contribution in [-0.2, 0) is 0 Å². The SMILES string of the molecule is Cc1ccc(C2CC2N)cc1.Cl. The first-order valence-electron chi connectivity index (χ1n) is 4.09. The van der Waals surface area contributed by atoms with Crippen LogP contribution in [0.1, 0.15) is 23.5 Å². The lowest BCUT2D eigenvalue weighted by Gasteiger charge is -1.97. The van der Waals surface area contributed by atoms with Crippen LogP contribution >= 0.6 is 12.4 Å². The molecule has 12 heavy (non-hydrogen) atoms. The van der Waals surface area contributed by atoms with Gasteiger partial charge in [-0.1, -0.05) is 29.8 Å². The van der Waals surface area contributed by atoms with Crippen molar-refractivity contribution in [2.45, 2.75) is 25.3 Å². The number of halogens is 1. The van der Waals surface area contributed by atoms with Gasteiger partial charge in [-0.15, -0.1) is 12.4 Å². The summed E-state index contributed by atoms with van der Waals surface area (Å²) in [5, 5.41) is 0. The summed E-state index contributed by atoms with van der Waals surface area (Å²) in [6.07, 6.45) is 1.17. The zero-order valence-electron chi connectivity index (χ0n) is 7.16. The van der Waals surface area contributed by atoms with Gasteiger partial charge in [-0.3, -0.25) is 0 Å². The number of rotatable bonds is 1. The van der Waals surface area contributed by atoms with Crippen LogP contribution < -0.4 is 5.73 Å². The lowest BCUT2D eigenvalue weighted by atomic mass is 10.1. The highest BCUT2D eigenvalue weighted by atomic mass is 35.5. The molecular formula is C10H14ClN. The topological polar surface area (TPSA) is 26.0 Å². The molecule has 0 bridgehead atoms. The molecule has 1 fully saturated rings. The van der Waals surface area contributed by atoms with Crippen LogP contribution in [0.3, 0.4) is 0 Å². The molecule has 0 aromatic heterocycles. The highest BCUT2D eigenvalue weighted by Gasteiger charge is 2.34. The van der Waals surface area contributed by atoms with Crippen molar-refractivity contribution >= 4 is 12.4 Å². The Kier molecular flexibility index (Phi) is 2.76. The van der Waals surface area contributed by atoms with Crippen molar-refractivity contribution in [2.75, 3.05) is 0 Å². The van der Waals surface area contributed by atoms with E-state index in [0.29, 0.717) is 12.0 Å². The van der Waals surface area contributed by atoms with Crippen LogP contribution in [0.2, 0.25) is 0 Å². The quantitative estimate of drug-likeness (QED) is 0.710. The van der Waals surface area contributed by atoms with Gasteiger partial charge in [0.2, 0.25) is 0 Å². The van der Waals surface area contributed by atoms with E-state index in [1.165, 1.54) is 17.5 Å². The van der Waals surface area contributed by atoms with Gasteiger partial charge in [-0.05, 0) is 18.9 Å². The highest BCUT2D eigenvalue weighted by molar-refractivity contribution is 5.85. The van der Waals surface area contributed by atoms with Gasteiger partial charge in [0.05, 0.1) is 0 Å². The third kappa shape index (κ3) is 1.79. The van der Waals surface area contributed by atoms with Gasteiger partial charge in [0.25, 0.3) is 0 Å². The molecule has 1 aromatic rings. The molecule has 0 radical (unpaired) electrons. The maximum absolute atomic E-state index is 5.74. The molecule has 2 N–H and O–H groups in total. The highest BCUT2D eigenvalue weighted by Crippen LogP contribution is 2.38. The van der Waals surface area contributed by atoms with Gasteiger partial charge < -0.3 is 5.73 Å². The summed E-state index contributed by atoms with van der Waals surface area (Å²) < 4.78 is 0. The smallest absolute Gasteiger partial charge is 0.0115 e.